The first kappa shape index (κ1) is 40.3. The first-order valence-electron chi connectivity index (χ1n) is 18.8. The molecule has 1 radical (unpaired) electrons. The summed E-state index contributed by atoms with van der Waals surface area (Å²) in [4.78, 5) is 4.59. The van der Waals surface area contributed by atoms with Crippen LogP contribution in [-0.2, 0) is 0 Å². The van der Waals surface area contributed by atoms with E-state index < -0.39 is 0 Å². The van der Waals surface area contributed by atoms with E-state index in [1.807, 2.05) is 0 Å². The van der Waals surface area contributed by atoms with Crippen molar-refractivity contribution in [2.75, 3.05) is 17.3 Å². The van der Waals surface area contributed by atoms with Crippen molar-refractivity contribution < 1.29 is 0 Å². The van der Waals surface area contributed by atoms with Crippen LogP contribution >= 0.6 is 35.3 Å². The third-order valence-electron chi connectivity index (χ3n) is 8.38. The predicted octanol–water partition coefficient (Wildman–Crippen LogP) is 15.4. The Kier molecular flexibility index (Phi) is 31.3. The fraction of sp³-hybridized carbons (Fsp3) is 0.846. The minimum Gasteiger partial charge on any atom is -0.125 e. The van der Waals surface area contributed by atoms with Crippen LogP contribution in [0.15, 0.2) is 26.8 Å². The highest BCUT2D eigenvalue weighted by Gasteiger charge is 2.11. The molecule has 0 nitrogen and oxygen atoms in total. The highest BCUT2D eigenvalue weighted by molar-refractivity contribution is 8.03. The van der Waals surface area contributed by atoms with Crippen LogP contribution in [0.1, 0.15) is 194 Å². The van der Waals surface area contributed by atoms with Crippen molar-refractivity contribution in [3.8, 4) is 0 Å². The Morgan fingerprint density at radius 2 is 0.619 bits per heavy atom. The average Bonchev–Trinajstić information content (AvgIpc) is 3.00. The minimum absolute atomic E-state index is 1.27. The van der Waals surface area contributed by atoms with Gasteiger partial charge in [0.15, 0.2) is 0 Å². The van der Waals surface area contributed by atoms with Gasteiger partial charge in [0.2, 0.25) is 0 Å². The molecule has 0 aliphatic rings. The third-order valence-corrected chi connectivity index (χ3v) is 12.1. The van der Waals surface area contributed by atoms with Crippen molar-refractivity contribution in [2.24, 2.45) is 0 Å². The van der Waals surface area contributed by atoms with Crippen LogP contribution in [-0.4, -0.2) is 17.3 Å². The van der Waals surface area contributed by atoms with Gasteiger partial charge in [0.25, 0.3) is 0 Å². The van der Waals surface area contributed by atoms with E-state index in [0.29, 0.717) is 0 Å². The number of unbranched alkanes of at least 4 members (excludes halogenated alkanes) is 24. The van der Waals surface area contributed by atoms with E-state index in [2.05, 4.69) is 74.3 Å². The van der Waals surface area contributed by atoms with Gasteiger partial charge in [0.1, 0.15) is 0 Å². The monoisotopic (exact) mass is 635 g/mol. The summed E-state index contributed by atoms with van der Waals surface area (Å²) < 4.78 is 0. The molecule has 1 aromatic rings. The molecule has 0 saturated carbocycles. The third kappa shape index (κ3) is 24.6. The first-order valence-corrected chi connectivity index (χ1v) is 21.7. The van der Waals surface area contributed by atoms with Crippen molar-refractivity contribution in [2.45, 2.75) is 209 Å². The van der Waals surface area contributed by atoms with Gasteiger partial charge in [-0.3, -0.25) is 0 Å². The summed E-state index contributed by atoms with van der Waals surface area (Å²) >= 11 is 6.37. The molecule has 42 heavy (non-hydrogen) atoms. The minimum atomic E-state index is 1.27. The summed E-state index contributed by atoms with van der Waals surface area (Å²) in [6.45, 7) is 6.93. The second kappa shape index (κ2) is 32.7. The number of hydrogen-bond acceptors (Lipinski definition) is 3. The van der Waals surface area contributed by atoms with E-state index in [1.165, 1.54) is 200 Å². The second-order valence-corrected chi connectivity index (χ2v) is 15.9. The molecule has 0 amide bonds. The highest BCUT2D eigenvalue weighted by atomic mass is 32.2. The van der Waals surface area contributed by atoms with Crippen LogP contribution in [0.2, 0.25) is 0 Å². The molecule has 0 spiro atoms. The number of benzene rings is 1. The van der Waals surface area contributed by atoms with Gasteiger partial charge in [-0.15, -0.1) is 35.3 Å². The molecule has 0 N–H and O–H groups in total. The van der Waals surface area contributed by atoms with Gasteiger partial charge in [-0.1, -0.05) is 175 Å². The Labute approximate surface area is 278 Å². The van der Waals surface area contributed by atoms with Crippen LogP contribution in [0.4, 0.5) is 0 Å². The molecule has 3 heteroatoms. The summed E-state index contributed by atoms with van der Waals surface area (Å²) in [5, 5.41) is 0. The number of rotatable bonds is 33. The molecular weight excluding hydrogens is 565 g/mol. The molecule has 0 atom stereocenters. The molecule has 0 aliphatic carbocycles. The van der Waals surface area contributed by atoms with E-state index in [1.54, 1.807) is 4.90 Å². The van der Waals surface area contributed by atoms with Gasteiger partial charge in [-0.05, 0) is 54.7 Å². The summed E-state index contributed by atoms with van der Waals surface area (Å²) in [7, 11) is 0. The van der Waals surface area contributed by atoms with Gasteiger partial charge in [-0.2, -0.15) is 0 Å². The maximum atomic E-state index is 3.53. The van der Waals surface area contributed by atoms with Crippen LogP contribution in [0.25, 0.3) is 0 Å². The molecule has 1 aromatic carbocycles. The average molecular weight is 636 g/mol. The summed E-state index contributed by atoms with van der Waals surface area (Å²) in [6.07, 6.45) is 38.2. The number of thioether (sulfide) groups is 3. The van der Waals surface area contributed by atoms with Crippen LogP contribution in [0.5, 0.6) is 0 Å². The fourth-order valence-electron chi connectivity index (χ4n) is 5.58. The van der Waals surface area contributed by atoms with Crippen LogP contribution in [0, 0.1) is 6.07 Å². The van der Waals surface area contributed by atoms with Gasteiger partial charge >= 0.3 is 0 Å². The quantitative estimate of drug-likeness (QED) is 0.0557. The van der Waals surface area contributed by atoms with Crippen molar-refractivity contribution in [3.63, 3.8) is 0 Å². The van der Waals surface area contributed by atoms with Crippen molar-refractivity contribution in [1.82, 2.24) is 0 Å². The summed E-state index contributed by atoms with van der Waals surface area (Å²) in [5.41, 5.74) is 0. The number of hydrogen-bond donors (Lipinski definition) is 0. The van der Waals surface area contributed by atoms with E-state index in [9.17, 15) is 0 Å². The van der Waals surface area contributed by atoms with Crippen LogP contribution in [0.3, 0.4) is 0 Å². The fourth-order valence-corrected chi connectivity index (χ4v) is 9.23. The summed E-state index contributed by atoms with van der Waals surface area (Å²) in [5.74, 6) is 3.81. The molecule has 0 unspecified atom stereocenters. The van der Waals surface area contributed by atoms with Gasteiger partial charge in [0, 0.05) is 14.7 Å². The van der Waals surface area contributed by atoms with E-state index in [4.69, 9.17) is 0 Å². The largest absolute Gasteiger partial charge is 0.125 e. The Hall–Kier alpha value is 0.270. The zero-order valence-electron chi connectivity index (χ0n) is 28.6. The zero-order chi connectivity index (χ0) is 30.2. The maximum Gasteiger partial charge on any atom is 0.0345 e. The maximum absolute atomic E-state index is 3.53. The normalized spacial score (nSPS) is 11.5. The molecule has 0 heterocycles. The molecule has 0 aliphatic heterocycles. The molecular formula is C39H71S3. The van der Waals surface area contributed by atoms with Crippen molar-refractivity contribution >= 4 is 35.3 Å². The second-order valence-electron chi connectivity index (χ2n) is 12.5. The van der Waals surface area contributed by atoms with E-state index >= 15 is 0 Å². The Balaban J connectivity index is 2.41. The summed E-state index contributed by atoms with van der Waals surface area (Å²) in [6, 6.07) is 8.11. The van der Waals surface area contributed by atoms with E-state index in [0.717, 1.165) is 0 Å². The van der Waals surface area contributed by atoms with Gasteiger partial charge < -0.3 is 0 Å². The Morgan fingerprint density at radius 1 is 0.357 bits per heavy atom. The predicted molar refractivity (Wildman–Crippen MR) is 199 cm³/mol. The Bertz CT molecular complexity index is 631. The van der Waals surface area contributed by atoms with Crippen molar-refractivity contribution in [3.05, 3.63) is 18.2 Å². The molecule has 1 rings (SSSR count). The standard InChI is InChI=1S/C39H71S3/c1-4-7-10-13-16-19-22-25-28-34-40-37-32-31-33-38(41-35-29-26-23-20-17-14-11-8-5-2)39(37)42-36-30-27-24-21-18-15-12-9-6-3/h32-33H,4-30,34-36H2,1-3H3. The molecule has 0 aromatic heterocycles. The lowest BCUT2D eigenvalue weighted by atomic mass is 10.1. The first-order chi connectivity index (χ1) is 20.8. The Morgan fingerprint density at radius 3 is 0.929 bits per heavy atom. The smallest absolute Gasteiger partial charge is 0.0345 e. The van der Waals surface area contributed by atoms with Gasteiger partial charge in [0.05, 0.1) is 0 Å². The lowest BCUT2D eigenvalue weighted by molar-refractivity contribution is 0.573. The van der Waals surface area contributed by atoms with E-state index in [-0.39, 0.29) is 0 Å². The molecule has 0 bridgehead atoms. The molecule has 245 valence electrons. The SMILES string of the molecule is CCCCCCCCCCCSc1c[c]cc(SCCCCCCCCCCC)c1SCCCCCCCCCCC. The zero-order valence-corrected chi connectivity index (χ0v) is 31.0. The molecule has 0 fully saturated rings. The van der Waals surface area contributed by atoms with Gasteiger partial charge in [-0.25, -0.2) is 0 Å². The lowest BCUT2D eigenvalue weighted by Gasteiger charge is -2.14. The highest BCUT2D eigenvalue weighted by Crippen LogP contribution is 2.39. The van der Waals surface area contributed by atoms with Crippen molar-refractivity contribution in [1.29, 1.82) is 0 Å². The lowest BCUT2D eigenvalue weighted by Crippen LogP contribution is -1.91. The topological polar surface area (TPSA) is 0 Å². The van der Waals surface area contributed by atoms with Crippen LogP contribution < -0.4 is 0 Å². The molecule has 0 saturated heterocycles.